The number of halogens is 4. The summed E-state index contributed by atoms with van der Waals surface area (Å²) in [6.45, 7) is -0.348. The van der Waals surface area contributed by atoms with Crippen LogP contribution in [0.4, 0.5) is 17.6 Å². The summed E-state index contributed by atoms with van der Waals surface area (Å²) in [4.78, 5) is 11.5. The molecule has 0 amide bonds. The number of hydrogen-bond acceptors (Lipinski definition) is 5. The fourth-order valence-electron chi connectivity index (χ4n) is 1.34. The molecule has 1 aliphatic rings. The van der Waals surface area contributed by atoms with E-state index in [2.05, 4.69) is 13.1 Å². The molecule has 1 saturated heterocycles. The molecule has 2 atom stereocenters. The second-order valence-corrected chi connectivity index (χ2v) is 4.47. The number of alkyl halides is 3. The molecular weight excluding hydrogens is 308 g/mol. The van der Waals surface area contributed by atoms with Crippen LogP contribution in [0.3, 0.4) is 0 Å². The first-order valence-electron chi connectivity index (χ1n) is 5.08. The average molecular weight is 314 g/mol. The van der Waals surface area contributed by atoms with Crippen LogP contribution in [0.15, 0.2) is 18.2 Å². The Labute approximate surface area is 112 Å². The van der Waals surface area contributed by atoms with E-state index in [1.165, 1.54) is 0 Å². The maximum Gasteiger partial charge on any atom is 0.419 e. The van der Waals surface area contributed by atoms with Crippen molar-refractivity contribution in [2.45, 2.75) is 12.3 Å². The summed E-state index contributed by atoms with van der Waals surface area (Å²) >= 11 is -2.09. The van der Waals surface area contributed by atoms with Crippen molar-refractivity contribution < 1.29 is 39.7 Å². The summed E-state index contributed by atoms with van der Waals surface area (Å²) in [5, 5.41) is 0. The van der Waals surface area contributed by atoms with E-state index in [1.807, 2.05) is 0 Å². The Balaban J connectivity index is 2.14. The maximum absolute atomic E-state index is 13.0. The summed E-state index contributed by atoms with van der Waals surface area (Å²) < 4.78 is 74.6. The van der Waals surface area contributed by atoms with E-state index >= 15 is 0 Å². The van der Waals surface area contributed by atoms with Gasteiger partial charge in [0.2, 0.25) is 0 Å². The topological polar surface area (TPSA) is 61.8 Å². The second-order valence-electron chi connectivity index (χ2n) is 3.63. The normalized spacial score (nSPS) is 22.8. The van der Waals surface area contributed by atoms with Crippen LogP contribution in [0.1, 0.15) is 5.56 Å². The van der Waals surface area contributed by atoms with Crippen molar-refractivity contribution in [1.82, 2.24) is 0 Å². The Morgan fingerprint density at radius 3 is 2.65 bits per heavy atom. The fourth-order valence-corrected chi connectivity index (χ4v) is 1.96. The molecular formula is C10H6F4O5S. The zero-order valence-corrected chi connectivity index (χ0v) is 10.3. The highest BCUT2D eigenvalue weighted by atomic mass is 32.2. The van der Waals surface area contributed by atoms with Crippen molar-refractivity contribution in [3.05, 3.63) is 29.6 Å². The number of rotatable bonds is 2. The van der Waals surface area contributed by atoms with Crippen molar-refractivity contribution >= 4 is 17.3 Å². The maximum atomic E-state index is 13.0. The molecule has 1 aliphatic heterocycles. The van der Waals surface area contributed by atoms with Crippen LogP contribution in [0, 0.1) is 5.82 Å². The molecule has 110 valence electrons. The third-order valence-corrected chi connectivity index (χ3v) is 2.95. The van der Waals surface area contributed by atoms with E-state index < -0.39 is 46.7 Å². The first-order chi connectivity index (χ1) is 9.27. The molecule has 10 heteroatoms. The molecule has 0 aromatic heterocycles. The molecule has 20 heavy (non-hydrogen) atoms. The largest absolute Gasteiger partial charge is 0.424 e. The molecule has 1 fully saturated rings. The van der Waals surface area contributed by atoms with Gasteiger partial charge in [0.25, 0.3) is 0 Å². The molecule has 1 aromatic carbocycles. The Hall–Kier alpha value is -1.52. The Bertz CT molecular complexity index is 559. The zero-order valence-electron chi connectivity index (χ0n) is 9.48. The lowest BCUT2D eigenvalue weighted by molar-refractivity contribution is -0.143. The van der Waals surface area contributed by atoms with Crippen LogP contribution in [0.5, 0.6) is 5.75 Å². The minimum atomic E-state index is -4.92. The van der Waals surface area contributed by atoms with Gasteiger partial charge in [0.1, 0.15) is 18.2 Å². The van der Waals surface area contributed by atoms with Crippen LogP contribution in [0.2, 0.25) is 0 Å². The molecule has 0 aliphatic carbocycles. The van der Waals surface area contributed by atoms with Crippen molar-refractivity contribution in [2.24, 2.45) is 0 Å². The van der Waals surface area contributed by atoms with Crippen LogP contribution in [-0.2, 0) is 30.7 Å². The molecule has 1 heterocycles. The Morgan fingerprint density at radius 2 is 2.10 bits per heavy atom. The van der Waals surface area contributed by atoms with Gasteiger partial charge in [-0.2, -0.15) is 17.4 Å². The van der Waals surface area contributed by atoms with Crippen molar-refractivity contribution in [3.63, 3.8) is 0 Å². The summed E-state index contributed by atoms with van der Waals surface area (Å²) in [5.41, 5.74) is -1.56. The second kappa shape index (κ2) is 5.46. The average Bonchev–Trinajstić information content (AvgIpc) is 2.77. The van der Waals surface area contributed by atoms with Crippen LogP contribution < -0.4 is 4.74 Å². The standard InChI is InChI=1S/C10H6F4O5S/c11-7-2-1-5(3-6(7)10(12,13)14)18-9(15)8-4-17-20(16)19-8/h1-3,8H,4H2. The summed E-state index contributed by atoms with van der Waals surface area (Å²) in [5.74, 6) is -3.08. The van der Waals surface area contributed by atoms with Crippen LogP contribution >= 0.6 is 0 Å². The number of carbonyl (C=O) groups excluding carboxylic acids is 1. The molecule has 0 bridgehead atoms. The number of esters is 1. The predicted molar refractivity (Wildman–Crippen MR) is 56.0 cm³/mol. The molecule has 5 nitrogen and oxygen atoms in total. The van der Waals surface area contributed by atoms with E-state index in [0.29, 0.717) is 12.1 Å². The Kier molecular flexibility index (Phi) is 4.06. The van der Waals surface area contributed by atoms with Gasteiger partial charge >= 0.3 is 23.5 Å². The minimum absolute atomic E-state index is 0.347. The van der Waals surface area contributed by atoms with Gasteiger partial charge in [-0.25, -0.2) is 9.18 Å². The quantitative estimate of drug-likeness (QED) is 0.473. The highest BCUT2D eigenvalue weighted by molar-refractivity contribution is 7.75. The first kappa shape index (κ1) is 14.9. The van der Waals surface area contributed by atoms with Gasteiger partial charge in [-0.3, -0.25) is 8.37 Å². The zero-order chi connectivity index (χ0) is 14.9. The third kappa shape index (κ3) is 3.32. The number of benzene rings is 1. The van der Waals surface area contributed by atoms with Gasteiger partial charge in [-0.15, -0.1) is 0 Å². The number of ether oxygens (including phenoxy) is 1. The van der Waals surface area contributed by atoms with E-state index in [1.54, 1.807) is 0 Å². The van der Waals surface area contributed by atoms with Crippen LogP contribution in [-0.4, -0.2) is 22.9 Å². The molecule has 0 radical (unpaired) electrons. The van der Waals surface area contributed by atoms with E-state index in [-0.39, 0.29) is 6.61 Å². The summed E-state index contributed by atoms with van der Waals surface area (Å²) in [7, 11) is 0. The minimum Gasteiger partial charge on any atom is -0.424 e. The van der Waals surface area contributed by atoms with Gasteiger partial charge in [0, 0.05) is 0 Å². The lowest BCUT2D eigenvalue weighted by atomic mass is 10.2. The van der Waals surface area contributed by atoms with Crippen molar-refractivity contribution in [1.29, 1.82) is 0 Å². The Morgan fingerprint density at radius 1 is 1.40 bits per heavy atom. The van der Waals surface area contributed by atoms with E-state index in [4.69, 9.17) is 0 Å². The van der Waals surface area contributed by atoms with Crippen molar-refractivity contribution in [2.75, 3.05) is 6.61 Å². The van der Waals surface area contributed by atoms with Crippen molar-refractivity contribution in [3.8, 4) is 5.75 Å². The summed E-state index contributed by atoms with van der Waals surface area (Å²) in [6.07, 6.45) is -6.23. The van der Waals surface area contributed by atoms with Gasteiger partial charge in [0.15, 0.2) is 6.10 Å². The predicted octanol–water partition coefficient (Wildman–Crippen LogP) is 1.74. The summed E-state index contributed by atoms with van der Waals surface area (Å²) in [6, 6.07) is 1.73. The highest BCUT2D eigenvalue weighted by Gasteiger charge is 2.36. The van der Waals surface area contributed by atoms with E-state index in [9.17, 15) is 26.6 Å². The fraction of sp³-hybridized carbons (Fsp3) is 0.300. The van der Waals surface area contributed by atoms with Gasteiger partial charge in [0.05, 0.1) is 5.56 Å². The third-order valence-electron chi connectivity index (χ3n) is 2.23. The van der Waals surface area contributed by atoms with Gasteiger partial charge in [-0.1, -0.05) is 0 Å². The van der Waals surface area contributed by atoms with Crippen LogP contribution in [0.25, 0.3) is 0 Å². The molecule has 1 aromatic rings. The first-order valence-corrected chi connectivity index (χ1v) is 6.08. The number of hydrogen-bond donors (Lipinski definition) is 0. The van der Waals surface area contributed by atoms with Gasteiger partial charge in [-0.05, 0) is 18.2 Å². The van der Waals surface area contributed by atoms with E-state index in [0.717, 1.165) is 6.07 Å². The monoisotopic (exact) mass is 314 g/mol. The lowest BCUT2D eigenvalue weighted by Crippen LogP contribution is -2.27. The molecule has 0 saturated carbocycles. The SMILES string of the molecule is O=C(Oc1ccc(F)c(C(F)(F)F)c1)C1COS(=O)O1. The molecule has 2 rings (SSSR count). The smallest absolute Gasteiger partial charge is 0.419 e. The number of carbonyl (C=O) groups is 1. The highest BCUT2D eigenvalue weighted by Crippen LogP contribution is 2.33. The molecule has 2 unspecified atom stereocenters. The molecule has 0 spiro atoms. The lowest BCUT2D eigenvalue weighted by Gasteiger charge is -2.11. The van der Waals surface area contributed by atoms with Gasteiger partial charge < -0.3 is 4.74 Å². The molecule has 0 N–H and O–H groups in total.